The van der Waals surface area contributed by atoms with Crippen LogP contribution in [0.2, 0.25) is 0 Å². The van der Waals surface area contributed by atoms with E-state index < -0.39 is 124 Å². The number of hydrogen-bond donors (Lipinski definition) is 11. The van der Waals surface area contributed by atoms with Gasteiger partial charge in [0.05, 0.1) is 16.7 Å². The Kier molecular flexibility index (Phi) is 8.95. The maximum Gasteiger partial charge on any atom is 0.343 e. The summed E-state index contributed by atoms with van der Waals surface area (Å²) >= 11 is 0. The fraction of sp³-hybridized carbons (Fsp3) is 0.222. The molecule has 4 rings (SSSR count). The minimum atomic E-state index is -2.10. The van der Waals surface area contributed by atoms with Crippen molar-refractivity contribution in [3.05, 3.63) is 53.1 Å². The highest BCUT2D eigenvalue weighted by molar-refractivity contribution is 5.95. The quantitative estimate of drug-likeness (QED) is 0.0873. The fourth-order valence-electron chi connectivity index (χ4n) is 4.01. The van der Waals surface area contributed by atoms with Crippen molar-refractivity contribution in [2.45, 2.75) is 30.7 Å². The summed E-state index contributed by atoms with van der Waals surface area (Å²) in [6.07, 6.45) is -9.60. The second kappa shape index (κ2) is 12.5. The molecule has 45 heavy (non-hydrogen) atoms. The van der Waals surface area contributed by atoms with Crippen molar-refractivity contribution in [1.29, 1.82) is 0 Å². The van der Waals surface area contributed by atoms with Crippen LogP contribution in [-0.2, 0) is 14.2 Å². The number of phenols is 8. The molecule has 0 saturated carbocycles. The Morgan fingerprint density at radius 3 is 1.56 bits per heavy atom. The summed E-state index contributed by atoms with van der Waals surface area (Å²) in [5.41, 5.74) is -1.53. The van der Waals surface area contributed by atoms with Crippen molar-refractivity contribution in [3.8, 4) is 51.7 Å². The topological polar surface area (TPSA) is 311 Å². The molecule has 0 radical (unpaired) electrons. The number of esters is 3. The van der Waals surface area contributed by atoms with Gasteiger partial charge in [0.25, 0.3) is 0 Å². The molecule has 0 aliphatic carbocycles. The van der Waals surface area contributed by atoms with E-state index in [4.69, 9.17) is 18.9 Å². The number of rotatable bonds is 7. The van der Waals surface area contributed by atoms with Crippen LogP contribution < -0.4 is 4.74 Å². The average molecular weight is 636 g/mol. The summed E-state index contributed by atoms with van der Waals surface area (Å²) in [4.78, 5) is 37.5. The fourth-order valence-corrected chi connectivity index (χ4v) is 4.01. The molecule has 3 aromatic carbocycles. The molecule has 11 N–H and O–H groups in total. The average Bonchev–Trinajstić information content (AvgIpc) is 2.99. The molecule has 240 valence electrons. The third-order valence-electron chi connectivity index (χ3n) is 6.39. The minimum Gasteiger partial charge on any atom is -0.504 e. The summed E-state index contributed by atoms with van der Waals surface area (Å²) in [6, 6.07) is 4.35. The molecule has 18 heteroatoms. The number of aliphatic hydroxyl groups is 3. The normalized spacial score (nSPS) is 21.1. The first-order chi connectivity index (χ1) is 21.1. The molecule has 0 bridgehead atoms. The zero-order valence-electron chi connectivity index (χ0n) is 22.3. The van der Waals surface area contributed by atoms with Gasteiger partial charge in [-0.1, -0.05) is 0 Å². The Morgan fingerprint density at radius 1 is 0.600 bits per heavy atom. The van der Waals surface area contributed by atoms with Gasteiger partial charge in [0, 0.05) is 0 Å². The van der Waals surface area contributed by atoms with Crippen molar-refractivity contribution in [1.82, 2.24) is 0 Å². The highest BCUT2D eigenvalue weighted by Crippen LogP contribution is 2.39. The Hall–Kier alpha value is -5.69. The Morgan fingerprint density at radius 2 is 1.04 bits per heavy atom. The van der Waals surface area contributed by atoms with Crippen molar-refractivity contribution in [2.24, 2.45) is 0 Å². The van der Waals surface area contributed by atoms with E-state index in [0.717, 1.165) is 30.3 Å². The molecule has 3 aromatic rings. The number of benzene rings is 3. The molecule has 18 nitrogen and oxygen atoms in total. The monoisotopic (exact) mass is 636 g/mol. The van der Waals surface area contributed by atoms with Crippen LogP contribution in [0.25, 0.3) is 0 Å². The number of carbonyl (C=O) groups is 3. The summed E-state index contributed by atoms with van der Waals surface area (Å²) < 4.78 is 19.9. The van der Waals surface area contributed by atoms with Gasteiger partial charge in [0.1, 0.15) is 24.9 Å². The van der Waals surface area contributed by atoms with E-state index in [1.807, 2.05) is 0 Å². The van der Waals surface area contributed by atoms with Gasteiger partial charge in [-0.2, -0.15) is 0 Å². The maximum atomic E-state index is 12.7. The molecule has 5 atom stereocenters. The van der Waals surface area contributed by atoms with Gasteiger partial charge in [0.2, 0.25) is 5.75 Å². The number of carbonyl (C=O) groups excluding carboxylic acids is 3. The zero-order valence-corrected chi connectivity index (χ0v) is 22.3. The first-order valence-electron chi connectivity index (χ1n) is 12.4. The van der Waals surface area contributed by atoms with E-state index in [9.17, 15) is 70.6 Å². The molecule has 0 spiro atoms. The smallest absolute Gasteiger partial charge is 0.343 e. The third-order valence-corrected chi connectivity index (χ3v) is 6.39. The van der Waals surface area contributed by atoms with E-state index in [1.165, 1.54) is 0 Å². The number of aliphatic hydroxyl groups excluding tert-OH is 3. The minimum absolute atomic E-state index is 0.501. The second-order valence-corrected chi connectivity index (χ2v) is 9.47. The van der Waals surface area contributed by atoms with Crippen molar-refractivity contribution in [3.63, 3.8) is 0 Å². The van der Waals surface area contributed by atoms with E-state index in [0.29, 0.717) is 6.07 Å². The summed E-state index contributed by atoms with van der Waals surface area (Å²) in [7, 11) is 0. The van der Waals surface area contributed by atoms with Crippen molar-refractivity contribution >= 4 is 17.9 Å². The van der Waals surface area contributed by atoms with Crippen LogP contribution in [0, 0.1) is 0 Å². The van der Waals surface area contributed by atoms with Gasteiger partial charge in [0.15, 0.2) is 58.4 Å². The molecule has 1 aliphatic rings. The number of ether oxygens (including phenoxy) is 4. The molecule has 5 unspecified atom stereocenters. The van der Waals surface area contributed by atoms with Crippen LogP contribution in [0.3, 0.4) is 0 Å². The van der Waals surface area contributed by atoms with Crippen LogP contribution in [-0.4, -0.2) is 111 Å². The van der Waals surface area contributed by atoms with Gasteiger partial charge in [-0.05, 0) is 36.4 Å². The zero-order chi connectivity index (χ0) is 33.3. The lowest BCUT2D eigenvalue weighted by molar-refractivity contribution is -0.285. The number of hydrogen-bond acceptors (Lipinski definition) is 18. The first-order valence-corrected chi connectivity index (χ1v) is 12.4. The highest BCUT2D eigenvalue weighted by Gasteiger charge is 2.47. The predicted octanol–water partition coefficient (Wildman–Crippen LogP) is -0.628. The van der Waals surface area contributed by atoms with Crippen LogP contribution >= 0.6 is 0 Å². The van der Waals surface area contributed by atoms with Gasteiger partial charge < -0.3 is 75.1 Å². The van der Waals surface area contributed by atoms with E-state index >= 15 is 0 Å². The SMILES string of the molecule is O=C(OCC1OC(O)C(OC(=O)c2cc(O)c(O)c(O)c2)C(O)C1O)c1cc(O)c(O)c(OC(=O)c2cc(O)c(O)c(O)c2)c1. The van der Waals surface area contributed by atoms with Crippen LogP contribution in [0.1, 0.15) is 31.1 Å². The van der Waals surface area contributed by atoms with E-state index in [-0.39, 0.29) is 0 Å². The molecule has 0 aromatic heterocycles. The van der Waals surface area contributed by atoms with E-state index in [1.54, 1.807) is 0 Å². The Bertz CT molecular complexity index is 1600. The molecule has 1 fully saturated rings. The van der Waals surface area contributed by atoms with Gasteiger partial charge in [-0.3, -0.25) is 0 Å². The lowest BCUT2D eigenvalue weighted by atomic mass is 9.99. The Labute approximate surface area is 249 Å². The first kappa shape index (κ1) is 32.2. The highest BCUT2D eigenvalue weighted by atomic mass is 16.7. The lowest BCUT2D eigenvalue weighted by Gasteiger charge is -2.39. The van der Waals surface area contributed by atoms with Gasteiger partial charge in [-0.25, -0.2) is 14.4 Å². The third kappa shape index (κ3) is 6.63. The second-order valence-electron chi connectivity index (χ2n) is 9.47. The number of aromatic hydroxyl groups is 8. The van der Waals surface area contributed by atoms with Crippen LogP contribution in [0.15, 0.2) is 36.4 Å². The molecule has 0 amide bonds. The van der Waals surface area contributed by atoms with Crippen LogP contribution in [0.4, 0.5) is 0 Å². The molecule has 1 saturated heterocycles. The van der Waals surface area contributed by atoms with Crippen molar-refractivity contribution < 1.29 is 89.5 Å². The number of phenolic OH excluding ortho intramolecular Hbond substituents is 8. The molecular formula is C27H24O18. The summed E-state index contributed by atoms with van der Waals surface area (Å²) in [5, 5.41) is 108. The van der Waals surface area contributed by atoms with Gasteiger partial charge >= 0.3 is 17.9 Å². The maximum absolute atomic E-state index is 12.7. The van der Waals surface area contributed by atoms with Gasteiger partial charge in [-0.15, -0.1) is 0 Å². The predicted molar refractivity (Wildman–Crippen MR) is 140 cm³/mol. The van der Waals surface area contributed by atoms with E-state index in [2.05, 4.69) is 0 Å². The lowest BCUT2D eigenvalue weighted by Crippen LogP contribution is -2.60. The summed E-state index contributed by atoms with van der Waals surface area (Å²) in [5.74, 6) is -12.0. The standard InChI is InChI=1S/C27H24O18/c28-11-1-8(2-12(29)18(11)33)25(39)43-16-6-10(5-15(32)20(16)35)24(38)42-7-17-21(36)22(37)23(27(41)44-17)45-26(40)9-3-13(30)19(34)14(31)4-9/h1-6,17,21-23,27-37,41H,7H2. The molecular weight excluding hydrogens is 612 g/mol. The van der Waals surface area contributed by atoms with Crippen LogP contribution in [0.5, 0.6) is 51.7 Å². The Balaban J connectivity index is 1.41. The van der Waals surface area contributed by atoms with Crippen molar-refractivity contribution in [2.75, 3.05) is 6.61 Å². The summed E-state index contributed by atoms with van der Waals surface area (Å²) in [6.45, 7) is -0.850. The largest absolute Gasteiger partial charge is 0.504 e. The molecule has 1 heterocycles. The molecule has 1 aliphatic heterocycles.